The van der Waals surface area contributed by atoms with Gasteiger partial charge in [0.1, 0.15) is 5.75 Å². The number of ether oxygens (including phenoxy) is 1. The zero-order chi connectivity index (χ0) is 14.9. The molecule has 1 unspecified atom stereocenters. The highest BCUT2D eigenvalue weighted by Crippen LogP contribution is 2.35. The van der Waals surface area contributed by atoms with Gasteiger partial charge in [-0.2, -0.15) is 0 Å². The molecule has 8 heteroatoms. The minimum atomic E-state index is -4.74. The second-order valence-electron chi connectivity index (χ2n) is 4.39. The minimum Gasteiger partial charge on any atom is -0.405 e. The first-order valence-corrected chi connectivity index (χ1v) is 7.63. The van der Waals surface area contributed by atoms with Crippen LogP contribution in [0.15, 0.2) is 22.7 Å². The predicted octanol–water partition coefficient (Wildman–Crippen LogP) is 4.10. The van der Waals surface area contributed by atoms with Crippen molar-refractivity contribution in [2.24, 2.45) is 5.92 Å². The van der Waals surface area contributed by atoms with Crippen LogP contribution >= 0.6 is 31.9 Å². The van der Waals surface area contributed by atoms with E-state index >= 15 is 0 Å². The molecule has 0 aromatic heterocycles. The third-order valence-corrected chi connectivity index (χ3v) is 4.41. The molecule has 1 aliphatic rings. The molecule has 1 aliphatic heterocycles. The number of rotatable bonds is 3. The minimum absolute atomic E-state index is 0.0363. The highest BCUT2D eigenvalue weighted by atomic mass is 79.9. The Bertz CT molecular complexity index is 522. The van der Waals surface area contributed by atoms with Crippen molar-refractivity contribution in [3.63, 3.8) is 0 Å². The third kappa shape index (κ3) is 3.66. The van der Waals surface area contributed by atoms with E-state index in [4.69, 9.17) is 0 Å². The van der Waals surface area contributed by atoms with E-state index < -0.39 is 6.36 Å². The molecule has 20 heavy (non-hydrogen) atoms. The molecule has 1 aromatic carbocycles. The largest absolute Gasteiger partial charge is 0.573 e. The van der Waals surface area contributed by atoms with Crippen molar-refractivity contribution in [2.75, 3.05) is 16.8 Å². The zero-order valence-electron chi connectivity index (χ0n) is 10.1. The van der Waals surface area contributed by atoms with Crippen molar-refractivity contribution in [3.8, 4) is 5.75 Å². The average Bonchev–Trinajstić information content (AvgIpc) is 2.72. The Morgan fingerprint density at radius 3 is 2.60 bits per heavy atom. The standard InChI is InChI=1S/C12H10Br2F3NO2/c13-5-7-3-11(19)18(6-7)8-1-2-10(9(14)4-8)20-12(15,16)17/h1-2,4,7H,3,5-6H2. The number of amides is 1. The number of hydrogen-bond acceptors (Lipinski definition) is 2. The van der Waals surface area contributed by atoms with Gasteiger partial charge >= 0.3 is 6.36 Å². The first kappa shape index (κ1) is 15.6. The van der Waals surface area contributed by atoms with Crippen molar-refractivity contribution in [1.82, 2.24) is 0 Å². The van der Waals surface area contributed by atoms with Crippen LogP contribution in [0.5, 0.6) is 5.75 Å². The van der Waals surface area contributed by atoms with Crippen molar-refractivity contribution < 1.29 is 22.7 Å². The summed E-state index contributed by atoms with van der Waals surface area (Å²) in [6.07, 6.45) is -4.31. The summed E-state index contributed by atoms with van der Waals surface area (Å²) in [7, 11) is 0. The number of alkyl halides is 4. The smallest absolute Gasteiger partial charge is 0.405 e. The van der Waals surface area contributed by atoms with Gasteiger partial charge in [0.05, 0.1) is 4.47 Å². The van der Waals surface area contributed by atoms with E-state index in [1.54, 1.807) is 4.90 Å². The van der Waals surface area contributed by atoms with Gasteiger partial charge in [-0.25, -0.2) is 0 Å². The Hall–Kier alpha value is -0.760. The second kappa shape index (κ2) is 5.93. The molecular weight excluding hydrogens is 407 g/mol. The maximum absolute atomic E-state index is 12.2. The van der Waals surface area contributed by atoms with E-state index in [1.807, 2.05) is 0 Å². The number of nitrogens with zero attached hydrogens (tertiary/aromatic N) is 1. The molecule has 1 atom stereocenters. The van der Waals surface area contributed by atoms with Crippen LogP contribution in [-0.2, 0) is 4.79 Å². The van der Waals surface area contributed by atoms with Gasteiger partial charge in [-0.05, 0) is 40.0 Å². The molecule has 110 valence electrons. The fourth-order valence-electron chi connectivity index (χ4n) is 2.00. The Morgan fingerprint density at radius 1 is 1.40 bits per heavy atom. The molecule has 1 heterocycles. The maximum Gasteiger partial charge on any atom is 0.573 e. The van der Waals surface area contributed by atoms with Gasteiger partial charge in [-0.3, -0.25) is 4.79 Å². The highest BCUT2D eigenvalue weighted by Gasteiger charge is 2.33. The SMILES string of the molecule is O=C1CC(CBr)CN1c1ccc(OC(F)(F)F)c(Br)c1. The first-order valence-electron chi connectivity index (χ1n) is 5.72. The molecule has 1 saturated heterocycles. The van der Waals surface area contributed by atoms with Crippen LogP contribution in [0.1, 0.15) is 6.42 Å². The molecule has 0 radical (unpaired) electrons. The summed E-state index contributed by atoms with van der Waals surface area (Å²) in [6, 6.07) is 4.09. The number of anilines is 1. The monoisotopic (exact) mass is 415 g/mol. The van der Waals surface area contributed by atoms with E-state index in [0.717, 1.165) is 0 Å². The van der Waals surface area contributed by atoms with Crippen molar-refractivity contribution in [3.05, 3.63) is 22.7 Å². The molecule has 0 N–H and O–H groups in total. The van der Waals surface area contributed by atoms with Crippen molar-refractivity contribution >= 4 is 43.5 Å². The van der Waals surface area contributed by atoms with E-state index in [9.17, 15) is 18.0 Å². The van der Waals surface area contributed by atoms with E-state index in [1.165, 1.54) is 18.2 Å². The summed E-state index contributed by atoms with van der Waals surface area (Å²) in [5.41, 5.74) is 0.555. The number of hydrogen-bond donors (Lipinski definition) is 0. The lowest BCUT2D eigenvalue weighted by molar-refractivity contribution is -0.274. The van der Waals surface area contributed by atoms with E-state index in [0.29, 0.717) is 24.0 Å². The molecule has 1 amide bonds. The van der Waals surface area contributed by atoms with Gasteiger partial charge in [0.2, 0.25) is 5.91 Å². The summed E-state index contributed by atoms with van der Waals surface area (Å²) >= 11 is 6.36. The van der Waals surface area contributed by atoms with Crippen LogP contribution in [0.3, 0.4) is 0 Å². The summed E-state index contributed by atoms with van der Waals surface area (Å²) in [4.78, 5) is 13.4. The Kier molecular flexibility index (Phi) is 4.63. The average molecular weight is 417 g/mol. The zero-order valence-corrected chi connectivity index (χ0v) is 13.3. The molecule has 1 fully saturated rings. The lowest BCUT2D eigenvalue weighted by atomic mass is 10.2. The highest BCUT2D eigenvalue weighted by molar-refractivity contribution is 9.10. The fourth-order valence-corrected chi connectivity index (χ4v) is 2.88. The molecule has 1 aromatic rings. The van der Waals surface area contributed by atoms with E-state index in [2.05, 4.69) is 36.6 Å². The Morgan fingerprint density at radius 2 is 2.10 bits per heavy atom. The first-order chi connectivity index (χ1) is 9.30. The number of halogens is 5. The summed E-state index contributed by atoms with van der Waals surface area (Å²) in [5.74, 6) is -0.150. The van der Waals surface area contributed by atoms with Gasteiger partial charge in [0, 0.05) is 24.0 Å². The molecule has 0 spiro atoms. The van der Waals surface area contributed by atoms with Crippen LogP contribution in [0.4, 0.5) is 18.9 Å². The van der Waals surface area contributed by atoms with Crippen LogP contribution < -0.4 is 9.64 Å². The molecule has 0 saturated carbocycles. The lowest BCUT2D eigenvalue weighted by Gasteiger charge is -2.18. The van der Waals surface area contributed by atoms with Crippen molar-refractivity contribution in [1.29, 1.82) is 0 Å². The predicted molar refractivity (Wildman–Crippen MR) is 75.1 cm³/mol. The lowest BCUT2D eigenvalue weighted by Crippen LogP contribution is -2.24. The Balaban J connectivity index is 2.19. The van der Waals surface area contributed by atoms with Gasteiger partial charge in [0.25, 0.3) is 0 Å². The van der Waals surface area contributed by atoms with E-state index in [-0.39, 0.29) is 22.0 Å². The molecule has 0 aliphatic carbocycles. The summed E-state index contributed by atoms with van der Waals surface area (Å²) in [5, 5.41) is 0.714. The molecular formula is C12H10Br2F3NO2. The normalized spacial score (nSPS) is 19.6. The number of carbonyl (C=O) groups excluding carboxylic acids is 1. The number of benzene rings is 1. The summed E-state index contributed by atoms with van der Waals surface area (Å²) < 4.78 is 40.5. The second-order valence-corrected chi connectivity index (χ2v) is 5.89. The number of carbonyl (C=O) groups is 1. The van der Waals surface area contributed by atoms with Crippen LogP contribution in [0.2, 0.25) is 0 Å². The van der Waals surface area contributed by atoms with Gasteiger partial charge in [-0.1, -0.05) is 15.9 Å². The van der Waals surface area contributed by atoms with Gasteiger partial charge in [0.15, 0.2) is 0 Å². The quantitative estimate of drug-likeness (QED) is 0.694. The van der Waals surface area contributed by atoms with Crippen LogP contribution in [0.25, 0.3) is 0 Å². The maximum atomic E-state index is 12.2. The van der Waals surface area contributed by atoms with Crippen LogP contribution in [-0.4, -0.2) is 24.1 Å². The molecule has 3 nitrogen and oxygen atoms in total. The third-order valence-electron chi connectivity index (χ3n) is 2.88. The fraction of sp³-hybridized carbons (Fsp3) is 0.417. The Labute approximate surface area is 130 Å². The molecule has 0 bridgehead atoms. The topological polar surface area (TPSA) is 29.5 Å². The van der Waals surface area contributed by atoms with Gasteiger partial charge < -0.3 is 9.64 Å². The van der Waals surface area contributed by atoms with Gasteiger partial charge in [-0.15, -0.1) is 13.2 Å². The molecule has 2 rings (SSSR count). The summed E-state index contributed by atoms with van der Waals surface area (Å²) in [6.45, 7) is 0.552. The van der Waals surface area contributed by atoms with Crippen LogP contribution in [0, 0.1) is 5.92 Å². The van der Waals surface area contributed by atoms with Crippen molar-refractivity contribution in [2.45, 2.75) is 12.8 Å².